The van der Waals surface area contributed by atoms with Gasteiger partial charge >= 0.3 is 0 Å². The Morgan fingerprint density at radius 1 is 1.32 bits per heavy atom. The van der Waals surface area contributed by atoms with Crippen molar-refractivity contribution in [1.82, 2.24) is 30.0 Å². The second-order valence-corrected chi connectivity index (χ2v) is 8.18. The van der Waals surface area contributed by atoms with Gasteiger partial charge in [-0.1, -0.05) is 0 Å². The van der Waals surface area contributed by atoms with Gasteiger partial charge in [-0.15, -0.1) is 0 Å². The van der Waals surface area contributed by atoms with E-state index in [1.165, 1.54) is 11.1 Å². The summed E-state index contributed by atoms with van der Waals surface area (Å²) in [5.74, 6) is 1.39. The number of aromatic nitrogens is 4. The van der Waals surface area contributed by atoms with Crippen LogP contribution in [0.4, 0.5) is 11.6 Å². The average Bonchev–Trinajstić information content (AvgIpc) is 3.41. The Balaban J connectivity index is 1.43. The molecule has 1 fully saturated rings. The predicted octanol–water partition coefficient (Wildman–Crippen LogP) is 2.24. The predicted molar refractivity (Wildman–Crippen MR) is 117 cm³/mol. The molecule has 0 unspecified atom stereocenters. The highest BCUT2D eigenvalue weighted by atomic mass is 16.5. The molecule has 0 spiro atoms. The van der Waals surface area contributed by atoms with Crippen LogP contribution in [-0.2, 0) is 24.3 Å². The average molecular weight is 422 g/mol. The van der Waals surface area contributed by atoms with Crippen LogP contribution in [0.3, 0.4) is 0 Å². The maximum atomic E-state index is 11.9. The van der Waals surface area contributed by atoms with Gasteiger partial charge in [0.2, 0.25) is 11.9 Å². The summed E-state index contributed by atoms with van der Waals surface area (Å²) in [5.41, 5.74) is 4.16. The fourth-order valence-electron chi connectivity index (χ4n) is 4.60. The highest BCUT2D eigenvalue weighted by Crippen LogP contribution is 2.32. The number of anilines is 2. The minimum absolute atomic E-state index is 0.116. The molecule has 1 atom stereocenters. The van der Waals surface area contributed by atoms with E-state index in [1.807, 2.05) is 9.58 Å². The van der Waals surface area contributed by atoms with Crippen LogP contribution in [0, 0.1) is 0 Å². The molecule has 162 valence electrons. The van der Waals surface area contributed by atoms with E-state index in [0.717, 1.165) is 61.4 Å². The van der Waals surface area contributed by atoms with E-state index in [-0.39, 0.29) is 11.9 Å². The number of carbonyl (C=O) groups excluding carboxylic acids is 1. The van der Waals surface area contributed by atoms with Gasteiger partial charge in [-0.3, -0.25) is 4.79 Å². The lowest BCUT2D eigenvalue weighted by molar-refractivity contribution is -0.129. The van der Waals surface area contributed by atoms with Crippen molar-refractivity contribution in [3.8, 4) is 5.75 Å². The topological polar surface area (TPSA) is 97.2 Å². The molecule has 9 nitrogen and oxygen atoms in total. The van der Waals surface area contributed by atoms with Crippen molar-refractivity contribution in [2.75, 3.05) is 25.5 Å². The van der Waals surface area contributed by atoms with E-state index in [9.17, 15) is 4.79 Å². The summed E-state index contributed by atoms with van der Waals surface area (Å²) in [7, 11) is 1.68. The zero-order chi connectivity index (χ0) is 21.4. The van der Waals surface area contributed by atoms with Crippen molar-refractivity contribution in [3.05, 3.63) is 35.7 Å². The Hall–Kier alpha value is -3.20. The number of nitrogens with one attached hydrogen (secondary N) is 2. The van der Waals surface area contributed by atoms with E-state index < -0.39 is 0 Å². The Labute approximate surface area is 180 Å². The fraction of sp³-hybridized carbons (Fsp3) is 0.455. The molecule has 4 heterocycles. The molecule has 0 saturated carbocycles. The minimum Gasteiger partial charge on any atom is -0.495 e. The standard InChI is InChI=1S/C22H27N7O2/c1-14(30)28-7-3-4-18(28)13-29-21-17(12-25-29)11-24-22(27-21)26-19-8-16-10-23-6-5-15(16)9-20(19)31-2/h8-9,11-12,18,23H,3-7,10,13H2,1-2H3,(H,24,26,27)/t18-/m0/s1. The number of benzene rings is 1. The van der Waals surface area contributed by atoms with Gasteiger partial charge in [0.1, 0.15) is 5.75 Å². The van der Waals surface area contributed by atoms with Gasteiger partial charge in [0, 0.05) is 26.2 Å². The van der Waals surface area contributed by atoms with Crippen molar-refractivity contribution in [2.45, 2.75) is 45.3 Å². The van der Waals surface area contributed by atoms with Crippen molar-refractivity contribution in [2.24, 2.45) is 0 Å². The highest BCUT2D eigenvalue weighted by molar-refractivity contribution is 5.76. The molecule has 0 bridgehead atoms. The minimum atomic E-state index is 0.116. The largest absolute Gasteiger partial charge is 0.495 e. The van der Waals surface area contributed by atoms with Crippen LogP contribution in [0.25, 0.3) is 11.0 Å². The van der Waals surface area contributed by atoms with Crippen molar-refractivity contribution >= 4 is 28.6 Å². The summed E-state index contributed by atoms with van der Waals surface area (Å²) in [6.07, 6.45) is 6.55. The number of rotatable bonds is 5. The monoisotopic (exact) mass is 421 g/mol. The number of likely N-dealkylation sites (tertiary alicyclic amines) is 1. The SMILES string of the molecule is COc1cc2c(cc1Nc1ncc3cnn(C[C@@H]4CCCN4C(C)=O)c3n1)CNCC2. The van der Waals surface area contributed by atoms with Crippen LogP contribution in [0.5, 0.6) is 5.75 Å². The first kappa shape index (κ1) is 19.7. The molecule has 2 aliphatic heterocycles. The van der Waals surface area contributed by atoms with Crippen LogP contribution in [-0.4, -0.2) is 56.8 Å². The maximum absolute atomic E-state index is 11.9. The van der Waals surface area contributed by atoms with Crippen LogP contribution in [0.2, 0.25) is 0 Å². The van der Waals surface area contributed by atoms with Gasteiger partial charge in [0.05, 0.1) is 37.0 Å². The Morgan fingerprint density at radius 3 is 3.06 bits per heavy atom. The zero-order valence-corrected chi connectivity index (χ0v) is 17.9. The van der Waals surface area contributed by atoms with Gasteiger partial charge in [0.15, 0.2) is 5.65 Å². The van der Waals surface area contributed by atoms with E-state index in [1.54, 1.807) is 26.4 Å². The number of ether oxygens (including phenoxy) is 1. The Morgan fingerprint density at radius 2 is 2.23 bits per heavy atom. The quantitative estimate of drug-likeness (QED) is 0.652. The van der Waals surface area contributed by atoms with E-state index in [2.05, 4.69) is 32.8 Å². The Bertz CT molecular complexity index is 1130. The molecule has 0 aliphatic carbocycles. The van der Waals surface area contributed by atoms with Crippen LogP contribution < -0.4 is 15.4 Å². The summed E-state index contributed by atoms with van der Waals surface area (Å²) in [5, 5.41) is 12.1. The van der Waals surface area contributed by atoms with E-state index in [4.69, 9.17) is 9.72 Å². The molecule has 3 aromatic rings. The number of carbonyl (C=O) groups is 1. The number of nitrogens with zero attached hydrogens (tertiary/aromatic N) is 5. The van der Waals surface area contributed by atoms with Gasteiger partial charge in [0.25, 0.3) is 0 Å². The second kappa shape index (κ2) is 8.14. The lowest BCUT2D eigenvalue weighted by Crippen LogP contribution is -2.36. The van der Waals surface area contributed by atoms with E-state index in [0.29, 0.717) is 12.5 Å². The molecule has 2 N–H and O–H groups in total. The molecule has 1 amide bonds. The van der Waals surface area contributed by atoms with Gasteiger partial charge < -0.3 is 20.3 Å². The molecule has 2 aromatic heterocycles. The molecule has 9 heteroatoms. The molecular formula is C22H27N7O2. The van der Waals surface area contributed by atoms with Gasteiger partial charge in [-0.25, -0.2) is 9.67 Å². The summed E-state index contributed by atoms with van der Waals surface area (Å²) in [6, 6.07) is 4.35. The number of hydrogen-bond acceptors (Lipinski definition) is 7. The molecule has 5 rings (SSSR count). The van der Waals surface area contributed by atoms with Crippen LogP contribution in [0.1, 0.15) is 30.9 Å². The molecule has 1 saturated heterocycles. The summed E-state index contributed by atoms with van der Waals surface area (Å²) in [4.78, 5) is 23.0. The number of methoxy groups -OCH3 is 1. The zero-order valence-electron chi connectivity index (χ0n) is 17.9. The lowest BCUT2D eigenvalue weighted by Gasteiger charge is -2.23. The fourth-order valence-corrected chi connectivity index (χ4v) is 4.60. The third-order valence-electron chi connectivity index (χ3n) is 6.20. The number of fused-ring (bicyclic) bond motifs is 2. The first-order chi connectivity index (χ1) is 15.1. The van der Waals surface area contributed by atoms with Crippen LogP contribution in [0.15, 0.2) is 24.5 Å². The highest BCUT2D eigenvalue weighted by Gasteiger charge is 2.27. The molecule has 2 aliphatic rings. The third kappa shape index (κ3) is 3.81. The summed E-state index contributed by atoms with van der Waals surface area (Å²) < 4.78 is 7.49. The van der Waals surface area contributed by atoms with Gasteiger partial charge in [-0.2, -0.15) is 10.1 Å². The third-order valence-corrected chi connectivity index (χ3v) is 6.20. The maximum Gasteiger partial charge on any atom is 0.229 e. The summed E-state index contributed by atoms with van der Waals surface area (Å²) in [6.45, 7) is 4.90. The molecule has 31 heavy (non-hydrogen) atoms. The lowest BCUT2D eigenvalue weighted by atomic mass is 10.00. The van der Waals surface area contributed by atoms with Crippen molar-refractivity contribution in [1.29, 1.82) is 0 Å². The Kier molecular flexibility index (Phi) is 5.19. The first-order valence-corrected chi connectivity index (χ1v) is 10.8. The van der Waals surface area contributed by atoms with Crippen molar-refractivity contribution < 1.29 is 9.53 Å². The normalized spacial score (nSPS) is 18.3. The molecule has 0 radical (unpaired) electrons. The van der Waals surface area contributed by atoms with Crippen LogP contribution >= 0.6 is 0 Å². The molecular weight excluding hydrogens is 394 g/mol. The van der Waals surface area contributed by atoms with E-state index >= 15 is 0 Å². The summed E-state index contributed by atoms with van der Waals surface area (Å²) >= 11 is 0. The second-order valence-electron chi connectivity index (χ2n) is 8.18. The van der Waals surface area contributed by atoms with Crippen molar-refractivity contribution in [3.63, 3.8) is 0 Å². The number of hydrogen-bond donors (Lipinski definition) is 2. The first-order valence-electron chi connectivity index (χ1n) is 10.8. The number of amides is 1. The smallest absolute Gasteiger partial charge is 0.229 e. The molecule has 1 aromatic carbocycles. The van der Waals surface area contributed by atoms with Gasteiger partial charge in [-0.05, 0) is 49.1 Å².